The number of alkyl halides is 1. The highest BCUT2D eigenvalue weighted by atomic mass is 79.9. The van der Waals surface area contributed by atoms with E-state index < -0.39 is 0 Å². The van der Waals surface area contributed by atoms with Crippen LogP contribution in [0.4, 0.5) is 0 Å². The molecule has 0 aliphatic heterocycles. The zero-order chi connectivity index (χ0) is 14.0. The molecule has 0 radical (unpaired) electrons. The average Bonchev–Trinajstić information content (AvgIpc) is 3.06. The Hall–Kier alpha value is -0.830. The predicted molar refractivity (Wildman–Crippen MR) is 83.1 cm³/mol. The van der Waals surface area contributed by atoms with Crippen LogP contribution in [0, 0.1) is 26.2 Å². The van der Waals surface area contributed by atoms with E-state index in [2.05, 4.69) is 40.3 Å². The number of benzene rings is 1. The van der Waals surface area contributed by atoms with E-state index >= 15 is 0 Å². The van der Waals surface area contributed by atoms with E-state index in [9.17, 15) is 4.79 Å². The van der Waals surface area contributed by atoms with E-state index in [4.69, 9.17) is 0 Å². The summed E-state index contributed by atoms with van der Waals surface area (Å²) in [6, 6.07) is 4.15. The number of hydrogen-bond acceptors (Lipinski definition) is 1. The molecule has 2 nitrogen and oxygen atoms in total. The SMILES string of the molecule is Cc1cc(C)c(C(=O)NCC2(CCBr)CC2)c(C)c1. The van der Waals surface area contributed by atoms with Crippen LogP contribution < -0.4 is 5.32 Å². The van der Waals surface area contributed by atoms with Crippen molar-refractivity contribution < 1.29 is 4.79 Å². The van der Waals surface area contributed by atoms with Crippen LogP contribution in [-0.2, 0) is 0 Å². The predicted octanol–water partition coefficient (Wildman–Crippen LogP) is 3.91. The summed E-state index contributed by atoms with van der Waals surface area (Å²) in [5.74, 6) is 0.0795. The van der Waals surface area contributed by atoms with Crippen LogP contribution in [-0.4, -0.2) is 17.8 Å². The third-order valence-electron chi connectivity index (χ3n) is 4.11. The molecule has 104 valence electrons. The maximum Gasteiger partial charge on any atom is 0.251 e. The van der Waals surface area contributed by atoms with Crippen LogP contribution in [0.25, 0.3) is 0 Å². The lowest BCUT2D eigenvalue weighted by molar-refractivity contribution is 0.0943. The first-order valence-electron chi connectivity index (χ1n) is 6.89. The number of carbonyl (C=O) groups excluding carboxylic acids is 1. The van der Waals surface area contributed by atoms with Gasteiger partial charge in [0, 0.05) is 17.4 Å². The first-order chi connectivity index (χ1) is 8.97. The normalized spacial score (nSPS) is 16.2. The van der Waals surface area contributed by atoms with E-state index in [1.165, 1.54) is 18.4 Å². The van der Waals surface area contributed by atoms with Crippen molar-refractivity contribution in [2.45, 2.75) is 40.0 Å². The van der Waals surface area contributed by atoms with Crippen LogP contribution in [0.1, 0.15) is 46.3 Å². The standard InChI is InChI=1S/C16H22BrNO/c1-11-8-12(2)14(13(3)9-11)15(19)18-10-16(4-5-16)6-7-17/h8-9H,4-7,10H2,1-3H3,(H,18,19). The van der Waals surface area contributed by atoms with Gasteiger partial charge in [-0.1, -0.05) is 33.6 Å². The molecule has 1 aromatic carbocycles. The van der Waals surface area contributed by atoms with E-state index in [0.29, 0.717) is 5.41 Å². The number of amides is 1. The van der Waals surface area contributed by atoms with Crippen molar-refractivity contribution in [1.82, 2.24) is 5.32 Å². The lowest BCUT2D eigenvalue weighted by Gasteiger charge is -2.16. The molecule has 1 N–H and O–H groups in total. The minimum absolute atomic E-state index is 0.0795. The zero-order valence-electron chi connectivity index (χ0n) is 12.0. The average molecular weight is 324 g/mol. The maximum atomic E-state index is 12.4. The molecule has 0 heterocycles. The number of hydrogen-bond donors (Lipinski definition) is 1. The highest BCUT2D eigenvalue weighted by Crippen LogP contribution is 2.48. The minimum Gasteiger partial charge on any atom is -0.351 e. The molecule has 19 heavy (non-hydrogen) atoms. The van der Waals surface area contributed by atoms with Crippen LogP contribution in [0.15, 0.2) is 12.1 Å². The van der Waals surface area contributed by atoms with Crippen molar-refractivity contribution in [3.05, 3.63) is 34.4 Å². The molecular weight excluding hydrogens is 302 g/mol. The second-order valence-electron chi connectivity index (χ2n) is 5.90. The number of nitrogens with one attached hydrogen (secondary N) is 1. The van der Waals surface area contributed by atoms with Gasteiger partial charge in [-0.2, -0.15) is 0 Å². The molecule has 1 amide bonds. The van der Waals surface area contributed by atoms with Crippen molar-refractivity contribution >= 4 is 21.8 Å². The van der Waals surface area contributed by atoms with E-state index in [1.807, 2.05) is 13.8 Å². The molecule has 1 aliphatic rings. The molecule has 1 fully saturated rings. The molecule has 0 spiro atoms. The molecule has 3 heteroatoms. The second kappa shape index (κ2) is 5.66. The van der Waals surface area contributed by atoms with Crippen molar-refractivity contribution in [2.24, 2.45) is 5.41 Å². The third-order valence-corrected chi connectivity index (χ3v) is 4.51. The highest BCUT2D eigenvalue weighted by Gasteiger charge is 2.41. The van der Waals surface area contributed by atoms with Gasteiger partial charge in [-0.05, 0) is 56.6 Å². The molecule has 0 saturated heterocycles. The molecule has 0 bridgehead atoms. The molecule has 1 saturated carbocycles. The summed E-state index contributed by atoms with van der Waals surface area (Å²) in [4.78, 5) is 12.4. The molecule has 2 rings (SSSR count). The Labute approximate surface area is 124 Å². The van der Waals surface area contributed by atoms with E-state index in [0.717, 1.165) is 35.0 Å². The van der Waals surface area contributed by atoms with Crippen molar-refractivity contribution in [3.63, 3.8) is 0 Å². The fraction of sp³-hybridized carbons (Fsp3) is 0.562. The minimum atomic E-state index is 0.0795. The third kappa shape index (κ3) is 3.38. The fourth-order valence-corrected chi connectivity index (χ4v) is 3.63. The summed E-state index contributed by atoms with van der Waals surface area (Å²) in [7, 11) is 0. The van der Waals surface area contributed by atoms with Gasteiger partial charge in [0.05, 0.1) is 0 Å². The number of halogens is 1. The Kier molecular flexibility index (Phi) is 4.34. The smallest absolute Gasteiger partial charge is 0.251 e. The summed E-state index contributed by atoms with van der Waals surface area (Å²) in [6.07, 6.45) is 3.63. The summed E-state index contributed by atoms with van der Waals surface area (Å²) in [6.45, 7) is 6.90. The van der Waals surface area contributed by atoms with Gasteiger partial charge >= 0.3 is 0 Å². The van der Waals surface area contributed by atoms with Gasteiger partial charge in [-0.15, -0.1) is 0 Å². The molecule has 0 unspecified atom stereocenters. The molecule has 1 aliphatic carbocycles. The fourth-order valence-electron chi connectivity index (χ4n) is 2.79. The molecular formula is C16H22BrNO. The van der Waals surface area contributed by atoms with Gasteiger partial charge in [-0.3, -0.25) is 4.79 Å². The van der Waals surface area contributed by atoms with Crippen LogP contribution in [0.2, 0.25) is 0 Å². The van der Waals surface area contributed by atoms with Crippen molar-refractivity contribution in [1.29, 1.82) is 0 Å². The lowest BCUT2D eigenvalue weighted by Crippen LogP contribution is -2.31. The summed E-state index contributed by atoms with van der Waals surface area (Å²) < 4.78 is 0. The van der Waals surface area contributed by atoms with Crippen molar-refractivity contribution in [2.75, 3.05) is 11.9 Å². The molecule has 0 atom stereocenters. The summed E-state index contributed by atoms with van der Waals surface area (Å²) >= 11 is 3.50. The lowest BCUT2D eigenvalue weighted by atomic mass is 9.98. The first-order valence-corrected chi connectivity index (χ1v) is 8.02. The van der Waals surface area contributed by atoms with Crippen LogP contribution in [0.5, 0.6) is 0 Å². The van der Waals surface area contributed by atoms with Gasteiger partial charge in [0.2, 0.25) is 0 Å². The van der Waals surface area contributed by atoms with E-state index in [-0.39, 0.29) is 5.91 Å². The Morgan fingerprint density at radius 2 is 1.84 bits per heavy atom. The number of rotatable bonds is 5. The van der Waals surface area contributed by atoms with Crippen LogP contribution >= 0.6 is 15.9 Å². The van der Waals surface area contributed by atoms with Crippen LogP contribution in [0.3, 0.4) is 0 Å². The van der Waals surface area contributed by atoms with Gasteiger partial charge < -0.3 is 5.32 Å². The number of aryl methyl sites for hydroxylation is 3. The van der Waals surface area contributed by atoms with E-state index in [1.54, 1.807) is 0 Å². The monoisotopic (exact) mass is 323 g/mol. The van der Waals surface area contributed by atoms with Gasteiger partial charge in [0.15, 0.2) is 0 Å². The second-order valence-corrected chi connectivity index (χ2v) is 6.69. The highest BCUT2D eigenvalue weighted by molar-refractivity contribution is 9.09. The molecule has 1 aromatic rings. The van der Waals surface area contributed by atoms with Gasteiger partial charge in [0.1, 0.15) is 0 Å². The quantitative estimate of drug-likeness (QED) is 0.818. The van der Waals surface area contributed by atoms with Gasteiger partial charge in [0.25, 0.3) is 5.91 Å². The van der Waals surface area contributed by atoms with Crippen molar-refractivity contribution in [3.8, 4) is 0 Å². The summed E-state index contributed by atoms with van der Waals surface area (Å²) in [5, 5.41) is 4.15. The maximum absolute atomic E-state index is 12.4. The summed E-state index contributed by atoms with van der Waals surface area (Å²) in [5.41, 5.74) is 4.57. The Morgan fingerprint density at radius 3 is 2.32 bits per heavy atom. The Balaban J connectivity index is 2.05. The largest absolute Gasteiger partial charge is 0.351 e. The topological polar surface area (TPSA) is 29.1 Å². The van der Waals surface area contributed by atoms with Gasteiger partial charge in [-0.25, -0.2) is 0 Å². The zero-order valence-corrected chi connectivity index (χ0v) is 13.6. The number of carbonyl (C=O) groups is 1. The Morgan fingerprint density at radius 1 is 1.26 bits per heavy atom. The Bertz CT molecular complexity index is 469. The molecule has 0 aromatic heterocycles. The first kappa shape index (κ1) is 14.6.